The highest BCUT2D eigenvalue weighted by molar-refractivity contribution is 6.07. The molecule has 0 bridgehead atoms. The van der Waals surface area contributed by atoms with E-state index in [0.29, 0.717) is 13.0 Å². The Morgan fingerprint density at radius 1 is 1.03 bits per heavy atom. The van der Waals surface area contributed by atoms with Gasteiger partial charge in [-0.3, -0.25) is 9.69 Å². The van der Waals surface area contributed by atoms with E-state index in [1.807, 2.05) is 66.7 Å². The Bertz CT molecular complexity index is 1070. The Hall–Kier alpha value is -4.13. The predicted octanol–water partition coefficient (Wildman–Crippen LogP) is 5.62. The molecule has 2 aromatic carbocycles. The van der Waals surface area contributed by atoms with Crippen LogP contribution in [0.2, 0.25) is 0 Å². The van der Waals surface area contributed by atoms with Crippen molar-refractivity contribution >= 4 is 29.3 Å². The van der Waals surface area contributed by atoms with Gasteiger partial charge in [0.25, 0.3) is 5.91 Å². The van der Waals surface area contributed by atoms with Crippen LogP contribution in [0.25, 0.3) is 0 Å². The fourth-order valence-corrected chi connectivity index (χ4v) is 3.83. The molecule has 1 N–H and O–H groups in total. The number of benzene rings is 2. The number of hydrogen-bond donors (Lipinski definition) is 1. The van der Waals surface area contributed by atoms with Gasteiger partial charge in [0.15, 0.2) is 0 Å². The van der Waals surface area contributed by atoms with Crippen molar-refractivity contribution in [1.29, 1.82) is 0 Å². The maximum absolute atomic E-state index is 13.1. The summed E-state index contributed by atoms with van der Waals surface area (Å²) in [6, 6.07) is 18.7. The number of ether oxygens (including phenoxy) is 2. The lowest BCUT2D eigenvalue weighted by molar-refractivity contribution is -0.140. The fraction of sp³-hybridized carbons (Fsp3) is 0.276. The Morgan fingerprint density at radius 3 is 2.28 bits per heavy atom. The van der Waals surface area contributed by atoms with Crippen molar-refractivity contribution in [3.63, 3.8) is 0 Å². The van der Waals surface area contributed by atoms with Crippen molar-refractivity contribution in [3.8, 4) is 0 Å². The monoisotopic (exact) mass is 488 g/mol. The molecule has 0 aromatic heterocycles. The maximum atomic E-state index is 13.1. The molecule has 3 rings (SSSR count). The van der Waals surface area contributed by atoms with Crippen molar-refractivity contribution in [1.82, 2.24) is 5.32 Å². The SMILES string of the molecule is CCOC(=O)N[C@H]1CCC=C(/C=C/C(=O)OC(C)/C=C\C(=O)N(c2ccccc2)c2ccccc2)C1. The van der Waals surface area contributed by atoms with Gasteiger partial charge in [0.2, 0.25) is 0 Å². The third-order valence-electron chi connectivity index (χ3n) is 5.50. The molecule has 0 fully saturated rings. The second-order valence-corrected chi connectivity index (χ2v) is 8.30. The molecular formula is C29H32N2O5. The number of nitrogens with one attached hydrogen (secondary N) is 1. The number of hydrogen-bond acceptors (Lipinski definition) is 5. The first kappa shape index (κ1) is 26.5. The number of carbonyl (C=O) groups is 3. The number of para-hydroxylation sites is 2. The number of rotatable bonds is 9. The summed E-state index contributed by atoms with van der Waals surface area (Å²) in [6.07, 6.45) is 9.28. The van der Waals surface area contributed by atoms with Crippen LogP contribution in [0.1, 0.15) is 33.1 Å². The number of esters is 1. The summed E-state index contributed by atoms with van der Waals surface area (Å²) < 4.78 is 10.3. The van der Waals surface area contributed by atoms with Crippen molar-refractivity contribution in [2.45, 2.75) is 45.3 Å². The quantitative estimate of drug-likeness (QED) is 0.366. The molecule has 1 unspecified atom stereocenters. The van der Waals surface area contributed by atoms with Crippen molar-refractivity contribution in [2.75, 3.05) is 11.5 Å². The van der Waals surface area contributed by atoms with E-state index < -0.39 is 18.2 Å². The van der Waals surface area contributed by atoms with E-state index in [9.17, 15) is 14.4 Å². The van der Waals surface area contributed by atoms with Crippen LogP contribution in [-0.4, -0.2) is 36.7 Å². The molecule has 0 aliphatic heterocycles. The minimum atomic E-state index is -0.599. The lowest BCUT2D eigenvalue weighted by Crippen LogP contribution is -2.36. The van der Waals surface area contributed by atoms with Gasteiger partial charge in [0, 0.05) is 29.6 Å². The van der Waals surface area contributed by atoms with Crippen LogP contribution in [0.15, 0.2) is 96.6 Å². The zero-order valence-electron chi connectivity index (χ0n) is 20.6. The largest absolute Gasteiger partial charge is 0.455 e. The summed E-state index contributed by atoms with van der Waals surface area (Å²) in [7, 11) is 0. The third kappa shape index (κ3) is 8.27. The molecule has 2 aromatic rings. The predicted molar refractivity (Wildman–Crippen MR) is 140 cm³/mol. The first-order chi connectivity index (χ1) is 17.5. The van der Waals surface area contributed by atoms with E-state index in [2.05, 4.69) is 5.32 Å². The number of carbonyl (C=O) groups excluding carboxylic acids is 3. The Balaban J connectivity index is 1.55. The van der Waals surface area contributed by atoms with E-state index >= 15 is 0 Å². The van der Waals surface area contributed by atoms with Gasteiger partial charge in [-0.05, 0) is 69.0 Å². The first-order valence-corrected chi connectivity index (χ1v) is 12.1. The van der Waals surface area contributed by atoms with Crippen LogP contribution >= 0.6 is 0 Å². The van der Waals surface area contributed by atoms with Crippen LogP contribution in [0, 0.1) is 0 Å². The number of anilines is 2. The standard InChI is InChI=1S/C29H32N2O5/c1-3-35-29(34)30-24-12-10-11-23(21-24)18-20-28(33)36-22(2)17-19-27(32)31(25-13-6-4-7-14-25)26-15-8-5-9-16-26/h4-9,11,13-20,22,24H,3,10,12,21H2,1-2H3,(H,30,34)/b19-17-,20-18+/t22?,24-/m0/s1. The lowest BCUT2D eigenvalue weighted by atomic mass is 9.94. The summed E-state index contributed by atoms with van der Waals surface area (Å²) in [4.78, 5) is 38.6. The third-order valence-corrected chi connectivity index (χ3v) is 5.50. The van der Waals surface area contributed by atoms with Crippen LogP contribution in [0.5, 0.6) is 0 Å². The highest BCUT2D eigenvalue weighted by atomic mass is 16.5. The number of allylic oxidation sites excluding steroid dienone is 2. The topological polar surface area (TPSA) is 84.9 Å². The summed E-state index contributed by atoms with van der Waals surface area (Å²) in [5, 5.41) is 2.83. The molecular weight excluding hydrogens is 456 g/mol. The lowest BCUT2D eigenvalue weighted by Gasteiger charge is -2.22. The molecule has 1 aliphatic rings. The molecule has 1 aliphatic carbocycles. The van der Waals surface area contributed by atoms with E-state index in [1.54, 1.807) is 30.9 Å². The van der Waals surface area contributed by atoms with Gasteiger partial charge in [0.1, 0.15) is 6.10 Å². The van der Waals surface area contributed by atoms with E-state index in [4.69, 9.17) is 9.47 Å². The first-order valence-electron chi connectivity index (χ1n) is 12.1. The van der Waals surface area contributed by atoms with Gasteiger partial charge in [-0.1, -0.05) is 48.6 Å². The molecule has 0 saturated carbocycles. The molecule has 36 heavy (non-hydrogen) atoms. The molecule has 0 heterocycles. The van der Waals surface area contributed by atoms with Gasteiger partial charge >= 0.3 is 12.1 Å². The van der Waals surface area contributed by atoms with Gasteiger partial charge in [-0.2, -0.15) is 0 Å². The maximum Gasteiger partial charge on any atom is 0.407 e. The molecule has 0 saturated heterocycles. The highest BCUT2D eigenvalue weighted by Gasteiger charge is 2.18. The van der Waals surface area contributed by atoms with E-state index in [-0.39, 0.29) is 11.9 Å². The van der Waals surface area contributed by atoms with Crippen LogP contribution in [0.4, 0.5) is 16.2 Å². The van der Waals surface area contributed by atoms with E-state index in [0.717, 1.165) is 29.8 Å². The minimum absolute atomic E-state index is 0.0326. The summed E-state index contributed by atoms with van der Waals surface area (Å²) >= 11 is 0. The van der Waals surface area contributed by atoms with Gasteiger partial charge in [0.05, 0.1) is 6.61 Å². The normalized spacial score (nSPS) is 16.3. The smallest absolute Gasteiger partial charge is 0.407 e. The molecule has 188 valence electrons. The summed E-state index contributed by atoms with van der Waals surface area (Å²) in [5.41, 5.74) is 2.42. The molecule has 0 spiro atoms. The fourth-order valence-electron chi connectivity index (χ4n) is 3.83. The number of amides is 2. The van der Waals surface area contributed by atoms with Gasteiger partial charge in [-0.25, -0.2) is 9.59 Å². The van der Waals surface area contributed by atoms with Crippen molar-refractivity contribution in [3.05, 3.63) is 96.6 Å². The second-order valence-electron chi connectivity index (χ2n) is 8.30. The average molecular weight is 489 g/mol. The summed E-state index contributed by atoms with van der Waals surface area (Å²) in [5.74, 6) is -0.762. The Morgan fingerprint density at radius 2 is 1.67 bits per heavy atom. The van der Waals surface area contributed by atoms with E-state index in [1.165, 1.54) is 12.2 Å². The molecule has 0 radical (unpaired) electrons. The Labute approximate surface area is 212 Å². The van der Waals surface area contributed by atoms with Crippen LogP contribution < -0.4 is 10.2 Å². The number of nitrogens with zero attached hydrogens (tertiary/aromatic N) is 1. The highest BCUT2D eigenvalue weighted by Crippen LogP contribution is 2.25. The zero-order valence-corrected chi connectivity index (χ0v) is 20.6. The molecule has 7 nitrogen and oxygen atoms in total. The van der Waals surface area contributed by atoms with Crippen LogP contribution in [-0.2, 0) is 19.1 Å². The average Bonchev–Trinajstić information content (AvgIpc) is 2.88. The second kappa shape index (κ2) is 13.7. The minimum Gasteiger partial charge on any atom is -0.455 e. The molecule has 2 amide bonds. The Kier molecular flexibility index (Phi) is 10.1. The molecule has 7 heteroatoms. The van der Waals surface area contributed by atoms with Gasteiger partial charge in [-0.15, -0.1) is 0 Å². The van der Waals surface area contributed by atoms with Gasteiger partial charge < -0.3 is 14.8 Å². The number of alkyl carbamates (subject to hydrolysis) is 1. The summed E-state index contributed by atoms with van der Waals surface area (Å²) in [6.45, 7) is 3.78. The van der Waals surface area contributed by atoms with Crippen LogP contribution in [0.3, 0.4) is 0 Å². The zero-order chi connectivity index (χ0) is 25.8. The van der Waals surface area contributed by atoms with Crippen molar-refractivity contribution in [2.24, 2.45) is 0 Å². The molecule has 2 atom stereocenters. The van der Waals surface area contributed by atoms with Crippen molar-refractivity contribution < 1.29 is 23.9 Å².